The molecule has 0 aliphatic carbocycles. The normalized spacial score (nSPS) is 10.2. The lowest BCUT2D eigenvalue weighted by Gasteiger charge is -2.01. The summed E-state index contributed by atoms with van der Waals surface area (Å²) >= 11 is 0. The van der Waals surface area contributed by atoms with Crippen LogP contribution in [0.4, 0.5) is 0 Å². The summed E-state index contributed by atoms with van der Waals surface area (Å²) in [7, 11) is 1.85. The van der Waals surface area contributed by atoms with E-state index in [9.17, 15) is 4.79 Å². The highest BCUT2D eigenvalue weighted by molar-refractivity contribution is 5.68. The Hall–Kier alpha value is -2.10. The van der Waals surface area contributed by atoms with Gasteiger partial charge in [-0.1, -0.05) is 30.3 Å². The van der Waals surface area contributed by atoms with E-state index in [1.165, 1.54) is 6.92 Å². The van der Waals surface area contributed by atoms with Crippen LogP contribution in [0.15, 0.2) is 42.7 Å². The van der Waals surface area contributed by atoms with Crippen LogP contribution in [0.5, 0.6) is 6.01 Å². The molecule has 0 spiro atoms. The Morgan fingerprint density at radius 3 is 2.71 bits per heavy atom. The molecule has 0 N–H and O–H groups in total. The highest BCUT2D eigenvalue weighted by atomic mass is 16.5. The van der Waals surface area contributed by atoms with E-state index in [0.29, 0.717) is 12.6 Å². The molecule has 0 unspecified atom stereocenters. The van der Waals surface area contributed by atoms with E-state index in [0.717, 1.165) is 5.56 Å². The van der Waals surface area contributed by atoms with E-state index >= 15 is 0 Å². The summed E-state index contributed by atoms with van der Waals surface area (Å²) < 4.78 is 8.86. The molecule has 0 aliphatic heterocycles. The number of imidazole rings is 1. The highest BCUT2D eigenvalue weighted by Gasteiger charge is 2.18. The molecule has 0 amide bonds. The van der Waals surface area contributed by atoms with Crippen molar-refractivity contribution in [2.45, 2.75) is 13.5 Å². The number of esters is 1. The van der Waals surface area contributed by atoms with E-state index in [1.54, 1.807) is 4.57 Å². The second-order valence-electron chi connectivity index (χ2n) is 3.90. The number of aromatic nitrogens is 2. The van der Waals surface area contributed by atoms with Crippen LogP contribution < -0.4 is 9.30 Å². The van der Waals surface area contributed by atoms with Gasteiger partial charge in [0.05, 0.1) is 7.05 Å². The smallest absolute Gasteiger partial charge is 0.357 e. The number of ether oxygens (including phenoxy) is 1. The van der Waals surface area contributed by atoms with Gasteiger partial charge in [-0.25, -0.2) is 0 Å². The van der Waals surface area contributed by atoms with Gasteiger partial charge in [0.2, 0.25) is 0 Å². The number of rotatable bonds is 3. The summed E-state index contributed by atoms with van der Waals surface area (Å²) in [5.41, 5.74) is 1.16. The van der Waals surface area contributed by atoms with Crippen LogP contribution in [0.25, 0.3) is 0 Å². The van der Waals surface area contributed by atoms with Crippen LogP contribution in [-0.2, 0) is 18.4 Å². The first-order chi connectivity index (χ1) is 8.16. The predicted octanol–water partition coefficient (Wildman–Crippen LogP) is 1.29. The summed E-state index contributed by atoms with van der Waals surface area (Å²) in [4.78, 5) is 11.0. The van der Waals surface area contributed by atoms with E-state index in [2.05, 4.69) is 0 Å². The fourth-order valence-electron chi connectivity index (χ4n) is 1.67. The van der Waals surface area contributed by atoms with Gasteiger partial charge in [-0.3, -0.25) is 4.79 Å². The first-order valence-corrected chi connectivity index (χ1v) is 5.44. The van der Waals surface area contributed by atoms with Gasteiger partial charge in [0.25, 0.3) is 0 Å². The van der Waals surface area contributed by atoms with Crippen LogP contribution >= 0.6 is 0 Å². The lowest BCUT2D eigenvalue weighted by Crippen LogP contribution is -2.30. The lowest BCUT2D eigenvalue weighted by molar-refractivity contribution is -0.675. The van der Waals surface area contributed by atoms with Crippen LogP contribution in [0, 0.1) is 0 Å². The maximum absolute atomic E-state index is 11.0. The first-order valence-electron chi connectivity index (χ1n) is 5.44. The van der Waals surface area contributed by atoms with Crippen molar-refractivity contribution in [1.82, 2.24) is 4.57 Å². The molecular weight excluding hydrogens is 216 g/mol. The van der Waals surface area contributed by atoms with E-state index < -0.39 is 0 Å². The average molecular weight is 231 g/mol. The molecule has 88 valence electrons. The number of carbonyl (C=O) groups excluding carboxylic acids is 1. The quantitative estimate of drug-likeness (QED) is 0.589. The number of nitrogens with zero attached hydrogens (tertiary/aromatic N) is 2. The van der Waals surface area contributed by atoms with Crippen molar-refractivity contribution >= 4 is 5.97 Å². The molecule has 0 radical (unpaired) electrons. The summed E-state index contributed by atoms with van der Waals surface area (Å²) in [6.07, 6.45) is 3.76. The molecule has 0 fully saturated rings. The molecule has 4 nitrogen and oxygen atoms in total. The summed E-state index contributed by atoms with van der Waals surface area (Å²) in [5, 5.41) is 0. The van der Waals surface area contributed by atoms with Gasteiger partial charge in [0, 0.05) is 6.92 Å². The fourth-order valence-corrected chi connectivity index (χ4v) is 1.67. The van der Waals surface area contributed by atoms with Crippen molar-refractivity contribution in [1.29, 1.82) is 0 Å². The largest absolute Gasteiger partial charge is 0.464 e. The zero-order valence-electron chi connectivity index (χ0n) is 9.96. The molecular formula is C13H15N2O2+. The summed E-state index contributed by atoms with van der Waals surface area (Å²) in [6.45, 7) is 2.09. The van der Waals surface area contributed by atoms with E-state index in [1.807, 2.05) is 54.3 Å². The second kappa shape index (κ2) is 4.82. The molecule has 0 atom stereocenters. The van der Waals surface area contributed by atoms with Crippen LogP contribution in [0.2, 0.25) is 0 Å². The van der Waals surface area contributed by atoms with Crippen molar-refractivity contribution in [2.75, 3.05) is 0 Å². The zero-order valence-corrected chi connectivity index (χ0v) is 9.96. The molecule has 0 saturated carbocycles. The van der Waals surface area contributed by atoms with Crippen molar-refractivity contribution < 1.29 is 14.1 Å². The van der Waals surface area contributed by atoms with Gasteiger partial charge >= 0.3 is 12.0 Å². The minimum absolute atomic E-state index is 0.311. The third-order valence-electron chi connectivity index (χ3n) is 2.45. The number of benzene rings is 1. The van der Waals surface area contributed by atoms with Gasteiger partial charge in [-0.15, -0.1) is 0 Å². The van der Waals surface area contributed by atoms with Crippen molar-refractivity contribution in [3.63, 3.8) is 0 Å². The number of aryl methyl sites for hydroxylation is 1. The van der Waals surface area contributed by atoms with Crippen molar-refractivity contribution in [3.05, 3.63) is 48.3 Å². The highest BCUT2D eigenvalue weighted by Crippen LogP contribution is 2.09. The Kier molecular flexibility index (Phi) is 3.23. The lowest BCUT2D eigenvalue weighted by atomic mass is 10.2. The van der Waals surface area contributed by atoms with Gasteiger partial charge in [-0.05, 0) is 5.56 Å². The number of hydrogen-bond acceptors (Lipinski definition) is 2. The fraction of sp³-hybridized carbons (Fsp3) is 0.231. The Labute approximate surface area is 100 Å². The van der Waals surface area contributed by atoms with E-state index in [-0.39, 0.29) is 5.97 Å². The third kappa shape index (κ3) is 2.72. The van der Waals surface area contributed by atoms with Crippen molar-refractivity contribution in [2.24, 2.45) is 7.05 Å². The molecule has 17 heavy (non-hydrogen) atoms. The van der Waals surface area contributed by atoms with Gasteiger partial charge in [0.15, 0.2) is 0 Å². The molecule has 0 bridgehead atoms. The molecule has 1 aromatic carbocycles. The number of carbonyl (C=O) groups is 1. The Balaban J connectivity index is 2.24. The van der Waals surface area contributed by atoms with Gasteiger partial charge < -0.3 is 4.74 Å². The molecule has 1 aromatic heterocycles. The maximum Gasteiger partial charge on any atom is 0.464 e. The molecule has 1 heterocycles. The van der Waals surface area contributed by atoms with Crippen molar-refractivity contribution in [3.8, 4) is 6.01 Å². The predicted molar refractivity (Wildman–Crippen MR) is 62.5 cm³/mol. The summed E-state index contributed by atoms with van der Waals surface area (Å²) in [6, 6.07) is 10.6. The molecule has 2 rings (SSSR count). The maximum atomic E-state index is 11.0. The SMILES string of the molecule is CC(=O)Oc1n(Cc2ccccc2)cc[n+]1C. The topological polar surface area (TPSA) is 35.1 Å². The van der Waals surface area contributed by atoms with Crippen LogP contribution in [0.3, 0.4) is 0 Å². The summed E-state index contributed by atoms with van der Waals surface area (Å²) in [5.74, 6) is -0.311. The van der Waals surface area contributed by atoms with Crippen LogP contribution in [0.1, 0.15) is 12.5 Å². The first kappa shape index (κ1) is 11.4. The Morgan fingerprint density at radius 2 is 2.06 bits per heavy atom. The molecule has 4 heteroatoms. The molecule has 0 saturated heterocycles. The average Bonchev–Trinajstić information content (AvgIpc) is 2.62. The van der Waals surface area contributed by atoms with Crippen LogP contribution in [-0.4, -0.2) is 10.5 Å². The minimum atomic E-state index is -0.311. The third-order valence-corrected chi connectivity index (χ3v) is 2.45. The van der Waals surface area contributed by atoms with Gasteiger partial charge in [-0.2, -0.15) is 9.13 Å². The monoisotopic (exact) mass is 231 g/mol. The minimum Gasteiger partial charge on any atom is -0.357 e. The molecule has 0 aliphatic rings. The van der Waals surface area contributed by atoms with E-state index in [4.69, 9.17) is 4.74 Å². The standard InChI is InChI=1S/C13H15N2O2/c1-11(16)17-13-14(2)8-9-15(13)10-12-6-4-3-5-7-12/h3-9H,10H2,1-2H3/q+1. The Morgan fingerprint density at radius 1 is 1.35 bits per heavy atom. The number of hydrogen-bond donors (Lipinski definition) is 0. The molecule has 2 aromatic rings. The second-order valence-corrected chi connectivity index (χ2v) is 3.90. The van der Waals surface area contributed by atoms with Gasteiger partial charge in [0.1, 0.15) is 18.9 Å². The zero-order chi connectivity index (χ0) is 12.3. The Bertz CT molecular complexity index is 517.